The van der Waals surface area contributed by atoms with Gasteiger partial charge in [-0.3, -0.25) is 0 Å². The number of rotatable bonds is 4. The maximum absolute atomic E-state index is 10.1. The Morgan fingerprint density at radius 1 is 1.67 bits per heavy atom. The number of oxime groups is 1. The Hall–Kier alpha value is -1.07. The Labute approximate surface area is 99.6 Å². The van der Waals surface area contributed by atoms with E-state index in [1.807, 2.05) is 0 Å². The second-order valence-corrected chi connectivity index (χ2v) is 3.89. The van der Waals surface area contributed by atoms with Crippen LogP contribution in [0.15, 0.2) is 27.8 Å². The summed E-state index contributed by atoms with van der Waals surface area (Å²) in [6.45, 7) is -0.470. The van der Waals surface area contributed by atoms with Gasteiger partial charge in [0.25, 0.3) is 0 Å². The van der Waals surface area contributed by atoms with E-state index in [0.29, 0.717) is 10.6 Å². The van der Waals surface area contributed by atoms with Crippen molar-refractivity contribution in [2.24, 2.45) is 5.16 Å². The molecule has 1 rings (SSSR count). The third kappa shape index (κ3) is 4.31. The van der Waals surface area contributed by atoms with Gasteiger partial charge in [-0.25, -0.2) is 4.79 Å². The van der Waals surface area contributed by atoms with Crippen LogP contribution in [0.3, 0.4) is 0 Å². The second-order valence-electron chi connectivity index (χ2n) is 2.57. The predicted octanol–water partition coefficient (Wildman–Crippen LogP) is 2.54. The molecule has 80 valence electrons. The molecule has 0 unspecified atom stereocenters. The van der Waals surface area contributed by atoms with Crippen LogP contribution >= 0.6 is 27.5 Å². The number of nitrogens with zero attached hydrogens (tertiary/aromatic N) is 1. The fourth-order valence-electron chi connectivity index (χ4n) is 0.800. The number of halogens is 2. The highest BCUT2D eigenvalue weighted by Gasteiger charge is 1.98. The molecule has 0 atom stereocenters. The lowest BCUT2D eigenvalue weighted by Crippen LogP contribution is -2.03. The number of hydrogen-bond donors (Lipinski definition) is 1. The Kier molecular flexibility index (Phi) is 4.58. The molecule has 1 N–H and O–H groups in total. The number of carboxylic acid groups (broad SMARTS) is 1. The third-order valence-corrected chi connectivity index (χ3v) is 2.25. The predicted molar refractivity (Wildman–Crippen MR) is 60.3 cm³/mol. The molecule has 0 saturated heterocycles. The van der Waals surface area contributed by atoms with E-state index < -0.39 is 12.6 Å². The fraction of sp³-hybridized carbons (Fsp3) is 0.111. The Morgan fingerprint density at radius 3 is 3.07 bits per heavy atom. The molecule has 0 bridgehead atoms. The first-order valence-corrected chi connectivity index (χ1v) is 5.09. The van der Waals surface area contributed by atoms with Crippen LogP contribution in [0.25, 0.3) is 0 Å². The highest BCUT2D eigenvalue weighted by molar-refractivity contribution is 9.10. The summed E-state index contributed by atoms with van der Waals surface area (Å²) < 4.78 is 0.853. The van der Waals surface area contributed by atoms with Crippen LogP contribution in [0, 0.1) is 0 Å². The number of aliphatic carboxylic acids is 1. The quantitative estimate of drug-likeness (QED) is 0.685. The van der Waals surface area contributed by atoms with E-state index in [4.69, 9.17) is 16.7 Å². The van der Waals surface area contributed by atoms with E-state index in [1.165, 1.54) is 6.21 Å². The molecular formula is C9H7BrClNO3. The number of benzene rings is 1. The van der Waals surface area contributed by atoms with Gasteiger partial charge in [-0.15, -0.1) is 0 Å². The molecule has 0 spiro atoms. The van der Waals surface area contributed by atoms with Gasteiger partial charge in [-0.2, -0.15) is 0 Å². The largest absolute Gasteiger partial charge is 0.479 e. The van der Waals surface area contributed by atoms with Crippen LogP contribution in [0.1, 0.15) is 5.56 Å². The van der Waals surface area contributed by atoms with Crippen molar-refractivity contribution < 1.29 is 14.7 Å². The molecule has 0 fully saturated rings. The van der Waals surface area contributed by atoms with Gasteiger partial charge in [-0.05, 0) is 18.2 Å². The summed E-state index contributed by atoms with van der Waals surface area (Å²) in [4.78, 5) is 14.6. The smallest absolute Gasteiger partial charge is 0.344 e. The zero-order valence-electron chi connectivity index (χ0n) is 7.48. The van der Waals surface area contributed by atoms with Crippen LogP contribution in [0.2, 0.25) is 5.02 Å². The fourth-order valence-corrected chi connectivity index (χ4v) is 1.35. The van der Waals surface area contributed by atoms with Crippen molar-refractivity contribution in [2.45, 2.75) is 0 Å². The Morgan fingerprint density at radius 2 is 2.40 bits per heavy atom. The van der Waals surface area contributed by atoms with Gasteiger partial charge in [-0.1, -0.05) is 32.7 Å². The molecule has 0 aromatic heterocycles. The summed E-state index contributed by atoms with van der Waals surface area (Å²) >= 11 is 9.13. The minimum Gasteiger partial charge on any atom is -0.479 e. The maximum Gasteiger partial charge on any atom is 0.344 e. The minimum absolute atomic E-state index is 0.470. The lowest BCUT2D eigenvalue weighted by atomic mass is 10.2. The molecule has 0 aliphatic heterocycles. The molecular weight excluding hydrogens is 285 g/mol. The van der Waals surface area contributed by atoms with Crippen molar-refractivity contribution in [2.75, 3.05) is 6.61 Å². The van der Waals surface area contributed by atoms with Gasteiger partial charge in [0.05, 0.1) is 6.21 Å². The van der Waals surface area contributed by atoms with Crippen molar-refractivity contribution in [3.63, 3.8) is 0 Å². The molecule has 0 aliphatic carbocycles. The number of carbonyl (C=O) groups is 1. The Balaban J connectivity index is 2.63. The topological polar surface area (TPSA) is 58.9 Å². The molecule has 1 aromatic carbocycles. The molecule has 6 heteroatoms. The van der Waals surface area contributed by atoms with Gasteiger partial charge >= 0.3 is 5.97 Å². The normalized spacial score (nSPS) is 10.5. The standard InChI is InChI=1S/C9H7BrClNO3/c10-7-1-2-8(11)6(3-7)4-12-15-5-9(13)14/h1-4H,5H2,(H,13,14)/b12-4+. The second kappa shape index (κ2) is 5.72. The van der Waals surface area contributed by atoms with Crippen LogP contribution < -0.4 is 0 Å². The van der Waals surface area contributed by atoms with E-state index in [0.717, 1.165) is 4.47 Å². The summed E-state index contributed by atoms with van der Waals surface area (Å²) in [5, 5.41) is 12.3. The maximum atomic E-state index is 10.1. The molecule has 0 radical (unpaired) electrons. The molecule has 0 heterocycles. The molecule has 1 aromatic rings. The van der Waals surface area contributed by atoms with Gasteiger partial charge in [0.1, 0.15) is 0 Å². The summed E-state index contributed by atoms with van der Waals surface area (Å²) in [6, 6.07) is 5.23. The molecule has 15 heavy (non-hydrogen) atoms. The summed E-state index contributed by atoms with van der Waals surface area (Å²) in [5.74, 6) is -1.08. The number of hydrogen-bond acceptors (Lipinski definition) is 3. The van der Waals surface area contributed by atoms with Gasteiger partial charge in [0.15, 0.2) is 0 Å². The molecule has 0 amide bonds. The van der Waals surface area contributed by atoms with Crippen molar-refractivity contribution in [3.8, 4) is 0 Å². The van der Waals surface area contributed by atoms with Crippen molar-refractivity contribution in [1.82, 2.24) is 0 Å². The van der Waals surface area contributed by atoms with E-state index in [9.17, 15) is 4.79 Å². The summed E-state index contributed by atoms with van der Waals surface area (Å²) in [5.41, 5.74) is 0.649. The minimum atomic E-state index is -1.08. The first kappa shape index (κ1) is 12.0. The Bertz CT molecular complexity index is 395. The first-order valence-electron chi connectivity index (χ1n) is 3.92. The van der Waals surface area contributed by atoms with Gasteiger partial charge in [0, 0.05) is 15.1 Å². The van der Waals surface area contributed by atoms with Crippen LogP contribution in [-0.4, -0.2) is 23.9 Å². The van der Waals surface area contributed by atoms with Crippen LogP contribution in [-0.2, 0) is 9.63 Å². The first-order chi connectivity index (χ1) is 7.09. The highest BCUT2D eigenvalue weighted by Crippen LogP contribution is 2.19. The molecule has 0 saturated carbocycles. The zero-order valence-corrected chi connectivity index (χ0v) is 9.83. The van der Waals surface area contributed by atoms with Crippen LogP contribution in [0.4, 0.5) is 0 Å². The van der Waals surface area contributed by atoms with Gasteiger partial charge in [0.2, 0.25) is 6.61 Å². The summed E-state index contributed by atoms with van der Waals surface area (Å²) in [7, 11) is 0. The lowest BCUT2D eigenvalue weighted by Gasteiger charge is -1.98. The van der Waals surface area contributed by atoms with E-state index in [1.54, 1.807) is 18.2 Å². The third-order valence-electron chi connectivity index (χ3n) is 1.41. The van der Waals surface area contributed by atoms with E-state index >= 15 is 0 Å². The van der Waals surface area contributed by atoms with Crippen molar-refractivity contribution in [3.05, 3.63) is 33.3 Å². The molecule has 4 nitrogen and oxygen atoms in total. The lowest BCUT2D eigenvalue weighted by molar-refractivity contribution is -0.142. The SMILES string of the molecule is O=C(O)CO/N=C/c1cc(Br)ccc1Cl. The highest BCUT2D eigenvalue weighted by atomic mass is 79.9. The summed E-state index contributed by atoms with van der Waals surface area (Å²) in [6.07, 6.45) is 1.36. The van der Waals surface area contributed by atoms with Crippen molar-refractivity contribution >= 4 is 39.7 Å². The van der Waals surface area contributed by atoms with Gasteiger partial charge < -0.3 is 9.94 Å². The monoisotopic (exact) mass is 291 g/mol. The molecule has 0 aliphatic rings. The van der Waals surface area contributed by atoms with Crippen molar-refractivity contribution in [1.29, 1.82) is 0 Å². The van der Waals surface area contributed by atoms with E-state index in [-0.39, 0.29) is 0 Å². The average molecular weight is 293 g/mol. The van der Waals surface area contributed by atoms with E-state index in [2.05, 4.69) is 25.9 Å². The van der Waals surface area contributed by atoms with Crippen LogP contribution in [0.5, 0.6) is 0 Å². The zero-order chi connectivity index (χ0) is 11.3. The average Bonchev–Trinajstić information content (AvgIpc) is 2.17. The number of carboxylic acids is 1.